The molecule has 0 radical (unpaired) electrons. The average Bonchev–Trinajstić information content (AvgIpc) is 2.87. The van der Waals surface area contributed by atoms with Crippen LogP contribution in [0.3, 0.4) is 0 Å². The van der Waals surface area contributed by atoms with Crippen molar-refractivity contribution in [2.45, 2.75) is 57.2 Å². The highest BCUT2D eigenvalue weighted by molar-refractivity contribution is 4.81. The molecule has 2 atom stereocenters. The lowest BCUT2D eigenvalue weighted by atomic mass is 9.85. The normalized spacial score (nSPS) is 29.8. The Kier molecular flexibility index (Phi) is 5.51. The van der Waals surface area contributed by atoms with Crippen LogP contribution in [0.15, 0.2) is 0 Å². The van der Waals surface area contributed by atoms with Crippen molar-refractivity contribution in [1.82, 2.24) is 10.2 Å². The second kappa shape index (κ2) is 6.93. The highest BCUT2D eigenvalue weighted by atomic mass is 19.4. The zero-order valence-electron chi connectivity index (χ0n) is 11.5. The van der Waals surface area contributed by atoms with Crippen LogP contribution in [0, 0.1) is 5.92 Å². The van der Waals surface area contributed by atoms with E-state index in [1.165, 1.54) is 25.9 Å². The van der Waals surface area contributed by atoms with E-state index in [0.29, 0.717) is 12.8 Å². The average molecular weight is 278 g/mol. The van der Waals surface area contributed by atoms with Gasteiger partial charge in [-0.05, 0) is 64.7 Å². The Bertz CT molecular complexity index is 262. The molecule has 1 N–H and O–H groups in total. The van der Waals surface area contributed by atoms with Crippen LogP contribution in [0.5, 0.6) is 0 Å². The molecule has 2 unspecified atom stereocenters. The molecular formula is C14H25F3N2. The Labute approximate surface area is 113 Å². The first-order chi connectivity index (χ1) is 9.05. The van der Waals surface area contributed by atoms with Crippen LogP contribution in [0.4, 0.5) is 13.2 Å². The molecule has 0 aromatic rings. The number of likely N-dealkylation sites (tertiary alicyclic amines) is 1. The van der Waals surface area contributed by atoms with E-state index in [9.17, 15) is 13.2 Å². The monoisotopic (exact) mass is 278 g/mol. The van der Waals surface area contributed by atoms with Crippen LogP contribution in [0.2, 0.25) is 0 Å². The molecule has 1 heterocycles. The zero-order valence-corrected chi connectivity index (χ0v) is 11.5. The topological polar surface area (TPSA) is 15.3 Å². The van der Waals surface area contributed by atoms with Gasteiger partial charge in [0.15, 0.2) is 0 Å². The van der Waals surface area contributed by atoms with Gasteiger partial charge in [-0.1, -0.05) is 6.42 Å². The summed E-state index contributed by atoms with van der Waals surface area (Å²) in [5, 5.41) is 3.32. The van der Waals surface area contributed by atoms with E-state index in [1.54, 1.807) is 0 Å². The third-order valence-corrected chi connectivity index (χ3v) is 4.42. The number of nitrogens with one attached hydrogen (secondary N) is 1. The molecule has 2 aliphatic rings. The van der Waals surface area contributed by atoms with Crippen LogP contribution in [-0.4, -0.2) is 43.3 Å². The zero-order chi connectivity index (χ0) is 13.7. The fourth-order valence-electron chi connectivity index (χ4n) is 3.29. The first-order valence-corrected chi connectivity index (χ1v) is 7.58. The summed E-state index contributed by atoms with van der Waals surface area (Å²) >= 11 is 0. The first-order valence-electron chi connectivity index (χ1n) is 7.58. The molecule has 0 bridgehead atoms. The Balaban J connectivity index is 1.60. The summed E-state index contributed by atoms with van der Waals surface area (Å²) in [7, 11) is 0. The maximum atomic E-state index is 12.7. The number of halogens is 3. The first kappa shape index (κ1) is 15.1. The second-order valence-electron chi connectivity index (χ2n) is 5.96. The molecule has 112 valence electrons. The van der Waals surface area contributed by atoms with E-state index in [2.05, 4.69) is 10.2 Å². The van der Waals surface area contributed by atoms with Gasteiger partial charge in [0.1, 0.15) is 0 Å². The highest BCUT2D eigenvalue weighted by Gasteiger charge is 2.41. The molecule has 1 aliphatic carbocycles. The number of nitrogens with zero attached hydrogens (tertiary/aromatic N) is 1. The van der Waals surface area contributed by atoms with Gasteiger partial charge in [0, 0.05) is 6.04 Å². The summed E-state index contributed by atoms with van der Waals surface area (Å²) in [4.78, 5) is 2.45. The summed E-state index contributed by atoms with van der Waals surface area (Å²) in [5.41, 5.74) is 0. The third kappa shape index (κ3) is 4.95. The van der Waals surface area contributed by atoms with Crippen LogP contribution in [0.1, 0.15) is 44.9 Å². The number of hydrogen-bond acceptors (Lipinski definition) is 2. The molecule has 0 spiro atoms. The minimum Gasteiger partial charge on any atom is -0.314 e. The fourth-order valence-corrected chi connectivity index (χ4v) is 3.29. The van der Waals surface area contributed by atoms with Gasteiger partial charge in [-0.15, -0.1) is 0 Å². The fraction of sp³-hybridized carbons (Fsp3) is 1.00. The third-order valence-electron chi connectivity index (χ3n) is 4.42. The van der Waals surface area contributed by atoms with Crippen LogP contribution >= 0.6 is 0 Å². The largest absolute Gasteiger partial charge is 0.391 e. The van der Waals surface area contributed by atoms with Crippen molar-refractivity contribution in [3.63, 3.8) is 0 Å². The SMILES string of the molecule is FC(F)(F)C1CCCC(NCCCN2CCCC2)C1. The lowest BCUT2D eigenvalue weighted by Crippen LogP contribution is -2.39. The minimum absolute atomic E-state index is 0.0685. The van der Waals surface area contributed by atoms with Crippen molar-refractivity contribution in [3.8, 4) is 0 Å². The maximum Gasteiger partial charge on any atom is 0.391 e. The molecule has 0 amide bonds. The van der Waals surface area contributed by atoms with E-state index in [4.69, 9.17) is 0 Å². The number of alkyl halides is 3. The van der Waals surface area contributed by atoms with Gasteiger partial charge in [-0.25, -0.2) is 0 Å². The van der Waals surface area contributed by atoms with Crippen LogP contribution < -0.4 is 5.32 Å². The van der Waals surface area contributed by atoms with Crippen molar-refractivity contribution in [3.05, 3.63) is 0 Å². The van der Waals surface area contributed by atoms with E-state index in [-0.39, 0.29) is 12.5 Å². The molecule has 19 heavy (non-hydrogen) atoms. The van der Waals surface area contributed by atoms with Crippen molar-refractivity contribution in [2.24, 2.45) is 5.92 Å². The summed E-state index contributed by atoms with van der Waals surface area (Å²) < 4.78 is 38.0. The standard InChI is InChI=1S/C14H25F3N2/c15-14(16,17)12-5-3-6-13(11-12)18-7-4-10-19-8-1-2-9-19/h12-13,18H,1-11H2. The van der Waals surface area contributed by atoms with Gasteiger partial charge in [-0.3, -0.25) is 0 Å². The van der Waals surface area contributed by atoms with Gasteiger partial charge >= 0.3 is 6.18 Å². The van der Waals surface area contributed by atoms with Crippen molar-refractivity contribution in [1.29, 1.82) is 0 Å². The Hall–Kier alpha value is -0.290. The van der Waals surface area contributed by atoms with Crippen molar-refractivity contribution < 1.29 is 13.2 Å². The van der Waals surface area contributed by atoms with Gasteiger partial charge in [0.05, 0.1) is 5.92 Å². The predicted molar refractivity (Wildman–Crippen MR) is 70.1 cm³/mol. The quantitative estimate of drug-likeness (QED) is 0.777. The van der Waals surface area contributed by atoms with Gasteiger partial charge in [0.2, 0.25) is 0 Å². The summed E-state index contributed by atoms with van der Waals surface area (Å²) in [6.07, 6.45) is 1.82. The Morgan fingerprint density at radius 3 is 2.47 bits per heavy atom. The molecule has 2 nitrogen and oxygen atoms in total. The summed E-state index contributed by atoms with van der Waals surface area (Å²) in [5.74, 6) is -1.09. The van der Waals surface area contributed by atoms with Crippen molar-refractivity contribution in [2.75, 3.05) is 26.2 Å². The molecule has 0 aromatic carbocycles. The van der Waals surface area contributed by atoms with Crippen molar-refractivity contribution >= 4 is 0 Å². The van der Waals surface area contributed by atoms with E-state index in [0.717, 1.165) is 25.9 Å². The molecule has 1 saturated heterocycles. The Morgan fingerprint density at radius 2 is 1.79 bits per heavy atom. The molecule has 0 aromatic heterocycles. The maximum absolute atomic E-state index is 12.7. The van der Waals surface area contributed by atoms with E-state index in [1.807, 2.05) is 0 Å². The minimum atomic E-state index is -4.00. The van der Waals surface area contributed by atoms with E-state index >= 15 is 0 Å². The van der Waals surface area contributed by atoms with E-state index < -0.39 is 12.1 Å². The van der Waals surface area contributed by atoms with Gasteiger partial charge < -0.3 is 10.2 Å². The number of rotatable bonds is 5. The Morgan fingerprint density at radius 1 is 1.05 bits per heavy atom. The van der Waals surface area contributed by atoms with Gasteiger partial charge in [0.25, 0.3) is 0 Å². The predicted octanol–water partition coefficient (Wildman–Crippen LogP) is 3.18. The molecule has 5 heteroatoms. The second-order valence-corrected chi connectivity index (χ2v) is 5.96. The smallest absolute Gasteiger partial charge is 0.314 e. The van der Waals surface area contributed by atoms with Gasteiger partial charge in [-0.2, -0.15) is 13.2 Å². The highest BCUT2D eigenvalue weighted by Crippen LogP contribution is 2.37. The molecule has 1 saturated carbocycles. The lowest BCUT2D eigenvalue weighted by molar-refractivity contribution is -0.183. The summed E-state index contributed by atoms with van der Waals surface area (Å²) in [6, 6.07) is 0.0685. The summed E-state index contributed by atoms with van der Waals surface area (Å²) in [6.45, 7) is 4.33. The lowest BCUT2D eigenvalue weighted by Gasteiger charge is -2.31. The molecule has 2 fully saturated rings. The molecule has 1 aliphatic heterocycles. The molecular weight excluding hydrogens is 253 g/mol. The molecule has 2 rings (SSSR count). The van der Waals surface area contributed by atoms with Crippen LogP contribution in [-0.2, 0) is 0 Å². The van der Waals surface area contributed by atoms with Crippen LogP contribution in [0.25, 0.3) is 0 Å². The number of hydrogen-bond donors (Lipinski definition) is 1.